The van der Waals surface area contributed by atoms with Gasteiger partial charge >= 0.3 is 12.1 Å². The molecule has 2 rings (SSSR count). The Morgan fingerprint density at radius 1 is 1.23 bits per heavy atom. The summed E-state index contributed by atoms with van der Waals surface area (Å²) in [5, 5.41) is 2.89. The summed E-state index contributed by atoms with van der Waals surface area (Å²) in [6.45, 7) is 5.38. The van der Waals surface area contributed by atoms with Crippen LogP contribution in [0.25, 0.3) is 0 Å². The van der Waals surface area contributed by atoms with Crippen LogP contribution in [-0.4, -0.2) is 23.4 Å². The van der Waals surface area contributed by atoms with E-state index >= 15 is 0 Å². The van der Waals surface area contributed by atoms with Gasteiger partial charge in [-0.15, -0.1) is 11.8 Å². The molecule has 1 fully saturated rings. The molecule has 1 aliphatic heterocycles. The van der Waals surface area contributed by atoms with Gasteiger partial charge in [0.2, 0.25) is 0 Å². The van der Waals surface area contributed by atoms with Crippen LogP contribution in [0.15, 0.2) is 24.3 Å². The molecule has 0 radical (unpaired) electrons. The summed E-state index contributed by atoms with van der Waals surface area (Å²) < 4.78 is 42.9. The molecule has 0 bridgehead atoms. The fourth-order valence-electron chi connectivity index (χ4n) is 2.02. The van der Waals surface area contributed by atoms with Gasteiger partial charge in [-0.3, -0.25) is 10.1 Å². The number of benzene rings is 1. The Morgan fingerprint density at radius 2 is 1.82 bits per heavy atom. The van der Waals surface area contributed by atoms with Gasteiger partial charge in [-0.05, 0) is 38.5 Å². The second-order valence-corrected chi connectivity index (χ2v) is 7.22. The number of ether oxygens (including phenoxy) is 1. The van der Waals surface area contributed by atoms with Gasteiger partial charge in [-0.1, -0.05) is 12.1 Å². The summed E-state index contributed by atoms with van der Waals surface area (Å²) >= 11 is 1.48. The molecule has 1 aliphatic rings. The van der Waals surface area contributed by atoms with Crippen molar-refractivity contribution in [2.75, 3.05) is 5.75 Å². The van der Waals surface area contributed by atoms with Crippen LogP contribution in [0.3, 0.4) is 0 Å². The highest BCUT2D eigenvalue weighted by Crippen LogP contribution is 2.35. The molecule has 1 heterocycles. The Labute approximate surface area is 131 Å². The van der Waals surface area contributed by atoms with E-state index in [4.69, 9.17) is 4.74 Å². The molecule has 2 atom stereocenters. The lowest BCUT2D eigenvalue weighted by atomic mass is 10.1. The second-order valence-electron chi connectivity index (χ2n) is 6.09. The molecular weight excluding hydrogens is 315 g/mol. The molecular formula is C15H18F3NO2S. The third kappa shape index (κ3) is 4.39. The average molecular weight is 333 g/mol. The van der Waals surface area contributed by atoms with Crippen molar-refractivity contribution in [2.24, 2.45) is 0 Å². The minimum atomic E-state index is -4.34. The minimum absolute atomic E-state index is 0.209. The standard InChI is InChI=1S/C15H18F3NO2S/c1-14(2,3)21-13(20)11-8-22-12(19-11)9-4-6-10(7-5-9)15(16,17)18/h4-7,11-12,19H,8H2,1-3H3/t11-,12?/m0/s1. The second kappa shape index (κ2) is 6.12. The van der Waals surface area contributed by atoms with E-state index in [2.05, 4.69) is 5.32 Å². The molecule has 1 saturated heterocycles. The first-order chi connectivity index (χ1) is 10.1. The van der Waals surface area contributed by atoms with Crippen molar-refractivity contribution < 1.29 is 22.7 Å². The quantitative estimate of drug-likeness (QED) is 0.837. The first-order valence-corrected chi connectivity index (χ1v) is 7.89. The molecule has 1 N–H and O–H groups in total. The summed E-state index contributed by atoms with van der Waals surface area (Å²) in [7, 11) is 0. The number of esters is 1. The highest BCUT2D eigenvalue weighted by molar-refractivity contribution is 7.99. The monoisotopic (exact) mass is 333 g/mol. The Morgan fingerprint density at radius 3 is 2.32 bits per heavy atom. The van der Waals surface area contributed by atoms with Crippen molar-refractivity contribution in [3.8, 4) is 0 Å². The summed E-state index contributed by atoms with van der Waals surface area (Å²) in [5.41, 5.74) is -0.525. The van der Waals surface area contributed by atoms with Crippen molar-refractivity contribution in [3.05, 3.63) is 35.4 Å². The molecule has 0 aliphatic carbocycles. The third-order valence-electron chi connectivity index (χ3n) is 3.01. The maximum Gasteiger partial charge on any atom is 0.416 e. The Balaban J connectivity index is 2.00. The van der Waals surface area contributed by atoms with Crippen LogP contribution in [0.4, 0.5) is 13.2 Å². The fraction of sp³-hybridized carbons (Fsp3) is 0.533. The van der Waals surface area contributed by atoms with E-state index < -0.39 is 23.4 Å². The zero-order valence-corrected chi connectivity index (χ0v) is 13.3. The topological polar surface area (TPSA) is 38.3 Å². The summed E-state index contributed by atoms with van der Waals surface area (Å²) in [6.07, 6.45) is -4.34. The maximum atomic E-state index is 12.5. The van der Waals surface area contributed by atoms with Crippen LogP contribution in [0.2, 0.25) is 0 Å². The third-order valence-corrected chi connectivity index (χ3v) is 4.28. The number of hydrogen-bond donors (Lipinski definition) is 1. The average Bonchev–Trinajstić information content (AvgIpc) is 2.85. The number of nitrogens with one attached hydrogen (secondary N) is 1. The largest absolute Gasteiger partial charge is 0.459 e. The van der Waals surface area contributed by atoms with Gasteiger partial charge in [0.1, 0.15) is 11.6 Å². The van der Waals surface area contributed by atoms with Crippen molar-refractivity contribution in [1.82, 2.24) is 5.32 Å². The van der Waals surface area contributed by atoms with E-state index in [1.165, 1.54) is 23.9 Å². The van der Waals surface area contributed by atoms with Crippen LogP contribution in [0, 0.1) is 0 Å². The van der Waals surface area contributed by atoms with Gasteiger partial charge < -0.3 is 4.74 Å². The van der Waals surface area contributed by atoms with E-state index in [0.29, 0.717) is 11.3 Å². The zero-order chi connectivity index (χ0) is 16.5. The zero-order valence-electron chi connectivity index (χ0n) is 12.5. The number of thioether (sulfide) groups is 1. The molecule has 1 aromatic rings. The van der Waals surface area contributed by atoms with Crippen LogP contribution in [0.1, 0.15) is 37.3 Å². The summed E-state index contributed by atoms with van der Waals surface area (Å²) in [5.74, 6) is 0.190. The fourth-order valence-corrected chi connectivity index (χ4v) is 3.25. The number of alkyl halides is 3. The van der Waals surface area contributed by atoms with E-state index in [1.807, 2.05) is 0 Å². The smallest absolute Gasteiger partial charge is 0.416 e. The van der Waals surface area contributed by atoms with Gasteiger partial charge in [0.25, 0.3) is 0 Å². The van der Waals surface area contributed by atoms with Gasteiger partial charge in [-0.25, -0.2) is 0 Å². The Bertz CT molecular complexity index is 537. The summed E-state index contributed by atoms with van der Waals surface area (Å²) in [6, 6.07) is 4.53. The number of halogens is 3. The van der Waals surface area contributed by atoms with E-state index in [-0.39, 0.29) is 11.3 Å². The predicted octanol–water partition coefficient (Wildman–Crippen LogP) is 3.75. The lowest BCUT2D eigenvalue weighted by Crippen LogP contribution is -2.39. The molecule has 0 aromatic heterocycles. The van der Waals surface area contributed by atoms with Crippen molar-refractivity contribution >= 4 is 17.7 Å². The van der Waals surface area contributed by atoms with Gasteiger partial charge in [0.15, 0.2) is 0 Å². The van der Waals surface area contributed by atoms with Gasteiger partial charge in [0, 0.05) is 5.75 Å². The maximum absolute atomic E-state index is 12.5. The van der Waals surface area contributed by atoms with Gasteiger partial charge in [-0.2, -0.15) is 13.2 Å². The number of hydrogen-bond acceptors (Lipinski definition) is 4. The molecule has 1 unspecified atom stereocenters. The van der Waals surface area contributed by atoms with Crippen molar-refractivity contribution in [1.29, 1.82) is 0 Å². The number of carbonyl (C=O) groups is 1. The number of carbonyl (C=O) groups excluding carboxylic acids is 1. The van der Waals surface area contributed by atoms with E-state index in [0.717, 1.165) is 12.1 Å². The Hall–Kier alpha value is -1.21. The highest BCUT2D eigenvalue weighted by Gasteiger charge is 2.34. The van der Waals surface area contributed by atoms with Crippen molar-refractivity contribution in [3.63, 3.8) is 0 Å². The number of rotatable bonds is 2. The SMILES string of the molecule is CC(C)(C)OC(=O)[C@@H]1CSC(c2ccc(C(F)(F)F)cc2)N1. The normalized spacial score (nSPS) is 22.6. The minimum Gasteiger partial charge on any atom is -0.459 e. The first kappa shape index (κ1) is 17.1. The molecule has 7 heteroatoms. The molecule has 0 amide bonds. The van der Waals surface area contributed by atoms with Crippen molar-refractivity contribution in [2.45, 2.75) is 44.0 Å². The van der Waals surface area contributed by atoms with E-state index in [1.54, 1.807) is 20.8 Å². The molecule has 0 spiro atoms. The lowest BCUT2D eigenvalue weighted by molar-refractivity contribution is -0.156. The molecule has 22 heavy (non-hydrogen) atoms. The van der Waals surface area contributed by atoms with Crippen LogP contribution < -0.4 is 5.32 Å². The first-order valence-electron chi connectivity index (χ1n) is 6.84. The van der Waals surface area contributed by atoms with E-state index in [9.17, 15) is 18.0 Å². The van der Waals surface area contributed by atoms with Gasteiger partial charge in [0.05, 0.1) is 10.9 Å². The highest BCUT2D eigenvalue weighted by atomic mass is 32.2. The van der Waals surface area contributed by atoms with Crippen LogP contribution in [0.5, 0.6) is 0 Å². The lowest BCUT2D eigenvalue weighted by Gasteiger charge is -2.22. The van der Waals surface area contributed by atoms with Crippen LogP contribution in [-0.2, 0) is 15.7 Å². The summed E-state index contributed by atoms with van der Waals surface area (Å²) in [4.78, 5) is 12.0. The molecule has 3 nitrogen and oxygen atoms in total. The molecule has 0 saturated carbocycles. The van der Waals surface area contributed by atoms with Crippen LogP contribution >= 0.6 is 11.8 Å². The molecule has 122 valence electrons. The predicted molar refractivity (Wildman–Crippen MR) is 79.4 cm³/mol. The molecule has 1 aromatic carbocycles. The Kier molecular flexibility index (Phi) is 4.77.